The van der Waals surface area contributed by atoms with Gasteiger partial charge >= 0.3 is 0 Å². The topological polar surface area (TPSA) is 18.5 Å². The van der Waals surface area contributed by atoms with Crippen molar-refractivity contribution in [1.82, 2.24) is 0 Å². The second-order valence-corrected chi connectivity index (χ2v) is 23.5. The quantitative estimate of drug-likeness (QED) is 0.0718. The molecule has 0 N–H and O–H groups in total. The monoisotopic (exact) mass is 560 g/mol. The summed E-state index contributed by atoms with van der Waals surface area (Å²) < 4.78 is 12.5. The van der Waals surface area contributed by atoms with Crippen molar-refractivity contribution >= 4 is 16.6 Å². The molecule has 0 radical (unpaired) electrons. The lowest BCUT2D eigenvalue weighted by atomic mass is 10.1. The molecule has 0 unspecified atom stereocenters. The first kappa shape index (κ1) is 37.2. The summed E-state index contributed by atoms with van der Waals surface area (Å²) in [5.74, 6) is 13.2. The molecular weight excluding hydrogens is 497 g/mol. The molecule has 0 aliphatic heterocycles. The summed E-state index contributed by atoms with van der Waals surface area (Å²) in [5, 5.41) is 0.630. The highest BCUT2D eigenvalue weighted by atomic mass is 28.4. The maximum atomic E-state index is 6.25. The van der Waals surface area contributed by atoms with Gasteiger partial charge in [0.25, 0.3) is 0 Å². The van der Waals surface area contributed by atoms with Crippen LogP contribution in [0.4, 0.5) is 0 Å². The molecule has 0 aliphatic rings. The second kappa shape index (κ2) is 20.1. The normalized spacial score (nSPS) is 12.8. The van der Waals surface area contributed by atoms with Crippen molar-refractivity contribution in [3.05, 3.63) is 12.2 Å². The maximum absolute atomic E-state index is 6.25. The molecule has 0 heterocycles. The van der Waals surface area contributed by atoms with Crippen LogP contribution < -0.4 is 0 Å². The lowest BCUT2D eigenvalue weighted by Crippen LogP contribution is -2.40. The van der Waals surface area contributed by atoms with Crippen LogP contribution in [-0.4, -0.2) is 29.8 Å². The molecule has 0 rings (SSSR count). The highest BCUT2D eigenvalue weighted by molar-refractivity contribution is 6.74. The van der Waals surface area contributed by atoms with E-state index in [1.165, 1.54) is 64.2 Å². The zero-order valence-electron chi connectivity index (χ0n) is 27.3. The van der Waals surface area contributed by atoms with Crippen molar-refractivity contribution in [2.24, 2.45) is 0 Å². The molecule has 0 aliphatic carbocycles. The van der Waals surface area contributed by atoms with Gasteiger partial charge in [0, 0.05) is 38.9 Å². The van der Waals surface area contributed by atoms with Gasteiger partial charge in [-0.05, 0) is 61.9 Å². The number of hydrogen-bond acceptors (Lipinski definition) is 2. The molecule has 2 nitrogen and oxygen atoms in total. The Hall–Kier alpha value is -0.786. The van der Waals surface area contributed by atoms with E-state index in [-0.39, 0.29) is 0 Å². The maximum Gasteiger partial charge on any atom is 0.191 e. The van der Waals surface area contributed by atoms with Gasteiger partial charge in [-0.2, -0.15) is 0 Å². The third kappa shape index (κ3) is 19.3. The lowest BCUT2D eigenvalue weighted by Gasteiger charge is -2.36. The molecule has 4 heteroatoms. The summed E-state index contributed by atoms with van der Waals surface area (Å²) in [6.07, 6.45) is 20.6. The summed E-state index contributed by atoms with van der Waals surface area (Å²) >= 11 is 0. The summed E-state index contributed by atoms with van der Waals surface area (Å²) in [5.41, 5.74) is 0. The predicted octanol–water partition coefficient (Wildman–Crippen LogP) is 11.1. The van der Waals surface area contributed by atoms with Gasteiger partial charge in [-0.1, -0.05) is 104 Å². The molecule has 0 bridgehead atoms. The summed E-state index contributed by atoms with van der Waals surface area (Å²) in [6.45, 7) is 25.1. The number of hydrogen-bond donors (Lipinski definition) is 0. The highest BCUT2D eigenvalue weighted by Gasteiger charge is 2.37. The van der Waals surface area contributed by atoms with Crippen molar-refractivity contribution in [3.63, 3.8) is 0 Å². The molecule has 0 atom stereocenters. The molecule has 220 valence electrons. The minimum Gasteiger partial charge on any atom is -0.417 e. The number of rotatable bonds is 18. The first-order chi connectivity index (χ1) is 17.7. The van der Waals surface area contributed by atoms with Crippen molar-refractivity contribution < 1.29 is 8.85 Å². The molecule has 0 spiro atoms. The summed E-state index contributed by atoms with van der Waals surface area (Å²) in [4.78, 5) is 0. The van der Waals surface area contributed by atoms with E-state index in [0.29, 0.717) is 10.1 Å². The molecule has 38 heavy (non-hydrogen) atoms. The average molecular weight is 561 g/mol. The van der Waals surface area contributed by atoms with Gasteiger partial charge in [-0.15, -0.1) is 11.8 Å². The first-order valence-electron chi connectivity index (χ1n) is 15.5. The molecule has 0 aromatic rings. The van der Waals surface area contributed by atoms with Crippen LogP contribution >= 0.6 is 0 Å². The van der Waals surface area contributed by atoms with Crippen LogP contribution in [-0.2, 0) is 8.85 Å². The number of allylic oxidation sites excluding steroid dienone is 2. The fraction of sp³-hybridized carbons (Fsp3) is 0.824. The van der Waals surface area contributed by atoms with Crippen molar-refractivity contribution in [2.45, 2.75) is 168 Å². The van der Waals surface area contributed by atoms with E-state index in [1.54, 1.807) is 0 Å². The van der Waals surface area contributed by atoms with Crippen LogP contribution in [0.25, 0.3) is 0 Å². The van der Waals surface area contributed by atoms with Gasteiger partial charge in [0.15, 0.2) is 16.6 Å². The molecule has 0 amide bonds. The van der Waals surface area contributed by atoms with E-state index in [0.717, 1.165) is 38.9 Å². The van der Waals surface area contributed by atoms with Crippen LogP contribution in [0.15, 0.2) is 12.2 Å². The van der Waals surface area contributed by atoms with E-state index >= 15 is 0 Å². The lowest BCUT2D eigenvalue weighted by molar-refractivity contribution is 0.277. The largest absolute Gasteiger partial charge is 0.417 e. The third-order valence-corrected chi connectivity index (χ3v) is 17.4. The fourth-order valence-corrected chi connectivity index (χ4v) is 5.56. The molecule has 0 aromatic heterocycles. The molecule has 0 fully saturated rings. The Morgan fingerprint density at radius 3 is 1.13 bits per heavy atom. The highest BCUT2D eigenvalue weighted by Crippen LogP contribution is 2.37. The molecular formula is C34H64O2Si2. The van der Waals surface area contributed by atoms with Crippen LogP contribution in [0.3, 0.4) is 0 Å². The van der Waals surface area contributed by atoms with E-state index in [2.05, 4.69) is 104 Å². The Morgan fingerprint density at radius 2 is 0.789 bits per heavy atom. The Labute approximate surface area is 241 Å². The molecule has 0 aromatic carbocycles. The Kier molecular flexibility index (Phi) is 19.7. The minimum atomic E-state index is -1.56. The van der Waals surface area contributed by atoms with E-state index < -0.39 is 16.6 Å². The van der Waals surface area contributed by atoms with Gasteiger partial charge in [-0.3, -0.25) is 0 Å². The second-order valence-electron chi connectivity index (χ2n) is 13.8. The Balaban J connectivity index is 3.55. The van der Waals surface area contributed by atoms with Crippen molar-refractivity contribution in [1.29, 1.82) is 0 Å². The van der Waals surface area contributed by atoms with E-state index in [1.807, 2.05) is 0 Å². The van der Waals surface area contributed by atoms with E-state index in [9.17, 15) is 0 Å². The van der Waals surface area contributed by atoms with Crippen LogP contribution in [0.5, 0.6) is 0 Å². The van der Waals surface area contributed by atoms with Crippen LogP contribution in [0.1, 0.15) is 131 Å². The van der Waals surface area contributed by atoms with Crippen molar-refractivity contribution in [3.8, 4) is 23.7 Å². The van der Waals surface area contributed by atoms with Gasteiger partial charge in [-0.25, -0.2) is 0 Å². The fourth-order valence-electron chi connectivity index (χ4n) is 3.38. The van der Waals surface area contributed by atoms with Crippen molar-refractivity contribution in [2.75, 3.05) is 13.2 Å². The van der Waals surface area contributed by atoms with E-state index in [4.69, 9.17) is 8.85 Å². The zero-order valence-corrected chi connectivity index (χ0v) is 29.3. The average Bonchev–Trinajstić information content (AvgIpc) is 2.80. The van der Waals surface area contributed by atoms with Gasteiger partial charge in [0.2, 0.25) is 0 Å². The summed E-state index contributed by atoms with van der Waals surface area (Å²) in [7, 11) is -3.13. The molecule has 0 saturated heterocycles. The van der Waals surface area contributed by atoms with Crippen LogP contribution in [0, 0.1) is 23.7 Å². The summed E-state index contributed by atoms with van der Waals surface area (Å²) in [6, 6.07) is 0. The number of unbranched alkanes of at least 4 members (excludes halogenated alkanes) is 10. The predicted molar refractivity (Wildman–Crippen MR) is 176 cm³/mol. The standard InChI is InChI=1S/C34H64O2Si2/c1-33(2,3)37(7,8)35-31-29-27-25-23-21-19-17-15-13-11-12-14-16-18-20-22-24-26-28-30-32-36-38(9,10)34(4,5)6/h11-12H,13-14,19-32H2,1-10H3/b12-11-. The van der Waals surface area contributed by atoms with Gasteiger partial charge in [0.1, 0.15) is 0 Å². The minimum absolute atomic E-state index is 0.315. The van der Waals surface area contributed by atoms with Crippen LogP contribution in [0.2, 0.25) is 36.3 Å². The van der Waals surface area contributed by atoms with Gasteiger partial charge < -0.3 is 8.85 Å². The SMILES string of the molecule is CC(C)(C)[Si](C)(C)OCCCCCCCC#CC/C=C\CC#CCCCCCCCO[Si](C)(C)C(C)(C)C. The molecule has 0 saturated carbocycles. The van der Waals surface area contributed by atoms with Gasteiger partial charge in [0.05, 0.1) is 0 Å². The third-order valence-electron chi connectivity index (χ3n) is 8.29. The zero-order chi connectivity index (χ0) is 29.0. The Bertz CT molecular complexity index is 682. The smallest absolute Gasteiger partial charge is 0.191 e. The Morgan fingerprint density at radius 1 is 0.474 bits per heavy atom. The first-order valence-corrected chi connectivity index (χ1v) is 21.4.